The fourth-order valence-corrected chi connectivity index (χ4v) is 3.54. The minimum Gasteiger partial charge on any atom is -0.380 e. The maximum Gasteiger partial charge on any atom is 0.141 e. The van der Waals surface area contributed by atoms with Crippen LogP contribution in [0.2, 0.25) is 0 Å². The molecule has 2 aliphatic rings. The van der Waals surface area contributed by atoms with Crippen LogP contribution in [0, 0.1) is 17.1 Å². The summed E-state index contributed by atoms with van der Waals surface area (Å²) in [4.78, 5) is 0. The number of rotatable bonds is 4. The molecule has 2 aromatic rings. The molecule has 0 aliphatic carbocycles. The quantitative estimate of drug-likeness (QED) is 0.919. The van der Waals surface area contributed by atoms with E-state index >= 15 is 0 Å². The molecule has 2 aliphatic heterocycles. The third kappa shape index (κ3) is 3.49. The summed E-state index contributed by atoms with van der Waals surface area (Å²) in [5.41, 5.74) is 4.23. The summed E-state index contributed by atoms with van der Waals surface area (Å²) in [5.74, 6) is -0.142. The smallest absolute Gasteiger partial charge is 0.141 e. The lowest BCUT2D eigenvalue weighted by atomic mass is 9.87. The largest absolute Gasteiger partial charge is 0.380 e. The molecule has 1 atom stereocenters. The Labute approximate surface area is 152 Å². The van der Waals surface area contributed by atoms with E-state index in [4.69, 9.17) is 14.7 Å². The van der Waals surface area contributed by atoms with Gasteiger partial charge < -0.3 is 14.8 Å². The first-order valence-electron chi connectivity index (χ1n) is 8.97. The Morgan fingerprint density at radius 3 is 2.73 bits per heavy atom. The van der Waals surface area contributed by atoms with Gasteiger partial charge in [-0.25, -0.2) is 4.39 Å². The van der Waals surface area contributed by atoms with Crippen LogP contribution in [0.1, 0.15) is 22.6 Å². The molecule has 2 saturated heterocycles. The Kier molecular flexibility index (Phi) is 4.98. The molecule has 134 valence electrons. The number of morpholine rings is 1. The standard InChI is InChI=1S/C21H21FN2O2/c22-21-9-15(2-3-16(21)10-23)20-8-14(7-18-11-24-5-6-26-18)1-4-19(20)17-12-25-13-17/h1-4,8-9,17-18,24H,5-7,11-13H2. The molecule has 0 amide bonds. The van der Waals surface area contributed by atoms with E-state index in [-0.39, 0.29) is 11.7 Å². The normalized spacial score (nSPS) is 20.4. The molecule has 1 N–H and O–H groups in total. The lowest BCUT2D eigenvalue weighted by molar-refractivity contribution is 0.00860. The molecule has 0 spiro atoms. The third-order valence-corrected chi connectivity index (χ3v) is 5.06. The van der Waals surface area contributed by atoms with Crippen molar-refractivity contribution in [2.75, 3.05) is 32.9 Å². The van der Waals surface area contributed by atoms with Crippen molar-refractivity contribution in [1.82, 2.24) is 5.32 Å². The van der Waals surface area contributed by atoms with Crippen molar-refractivity contribution >= 4 is 0 Å². The Balaban J connectivity index is 1.68. The molecule has 2 aromatic carbocycles. The maximum atomic E-state index is 14.2. The van der Waals surface area contributed by atoms with E-state index in [2.05, 4.69) is 23.5 Å². The van der Waals surface area contributed by atoms with Crippen molar-refractivity contribution in [2.45, 2.75) is 18.4 Å². The molecular weight excluding hydrogens is 331 g/mol. The van der Waals surface area contributed by atoms with Gasteiger partial charge in [0.2, 0.25) is 0 Å². The molecule has 26 heavy (non-hydrogen) atoms. The highest BCUT2D eigenvalue weighted by Gasteiger charge is 2.24. The minimum atomic E-state index is -0.481. The number of nitriles is 1. The fourth-order valence-electron chi connectivity index (χ4n) is 3.54. The topological polar surface area (TPSA) is 54.3 Å². The van der Waals surface area contributed by atoms with Crippen LogP contribution in [0.25, 0.3) is 11.1 Å². The lowest BCUT2D eigenvalue weighted by Gasteiger charge is -2.29. The molecule has 0 radical (unpaired) electrons. The van der Waals surface area contributed by atoms with Crippen LogP contribution < -0.4 is 5.32 Å². The van der Waals surface area contributed by atoms with Crippen LogP contribution in [-0.2, 0) is 15.9 Å². The van der Waals surface area contributed by atoms with E-state index in [1.807, 2.05) is 12.1 Å². The highest BCUT2D eigenvalue weighted by Crippen LogP contribution is 2.35. The number of halogens is 1. The van der Waals surface area contributed by atoms with Gasteiger partial charge in [0, 0.05) is 19.0 Å². The van der Waals surface area contributed by atoms with Gasteiger partial charge in [0.05, 0.1) is 31.5 Å². The summed E-state index contributed by atoms with van der Waals surface area (Å²) in [6, 6.07) is 13.1. The van der Waals surface area contributed by atoms with Crippen LogP contribution in [0.5, 0.6) is 0 Å². The van der Waals surface area contributed by atoms with Gasteiger partial charge in [-0.1, -0.05) is 24.3 Å². The molecule has 4 rings (SSSR count). The molecule has 2 heterocycles. The van der Waals surface area contributed by atoms with E-state index < -0.39 is 5.82 Å². The second-order valence-corrected chi connectivity index (χ2v) is 6.86. The van der Waals surface area contributed by atoms with Crippen LogP contribution in [-0.4, -0.2) is 39.0 Å². The van der Waals surface area contributed by atoms with Gasteiger partial charge in [0.25, 0.3) is 0 Å². The maximum absolute atomic E-state index is 14.2. The first kappa shape index (κ1) is 17.2. The van der Waals surface area contributed by atoms with E-state index in [0.29, 0.717) is 19.1 Å². The van der Waals surface area contributed by atoms with Crippen molar-refractivity contribution in [2.24, 2.45) is 0 Å². The lowest BCUT2D eigenvalue weighted by Crippen LogP contribution is -2.39. The monoisotopic (exact) mass is 352 g/mol. The summed E-state index contributed by atoms with van der Waals surface area (Å²) in [7, 11) is 0. The van der Waals surface area contributed by atoms with Crippen LogP contribution in [0.4, 0.5) is 4.39 Å². The van der Waals surface area contributed by atoms with Crippen LogP contribution >= 0.6 is 0 Å². The van der Waals surface area contributed by atoms with Crippen molar-refractivity contribution in [3.8, 4) is 17.2 Å². The van der Waals surface area contributed by atoms with Gasteiger partial charge in [-0.2, -0.15) is 5.26 Å². The third-order valence-electron chi connectivity index (χ3n) is 5.06. The summed E-state index contributed by atoms with van der Waals surface area (Å²) in [6.45, 7) is 3.86. The Morgan fingerprint density at radius 2 is 2.08 bits per heavy atom. The second kappa shape index (κ2) is 7.55. The highest BCUT2D eigenvalue weighted by molar-refractivity contribution is 5.70. The molecule has 0 saturated carbocycles. The van der Waals surface area contributed by atoms with Gasteiger partial charge in [-0.05, 0) is 40.8 Å². The highest BCUT2D eigenvalue weighted by atomic mass is 19.1. The Morgan fingerprint density at radius 1 is 1.19 bits per heavy atom. The van der Waals surface area contributed by atoms with E-state index in [1.165, 1.54) is 17.2 Å². The minimum absolute atomic E-state index is 0.0695. The number of nitrogens with zero attached hydrogens (tertiary/aromatic N) is 1. The van der Waals surface area contributed by atoms with E-state index in [0.717, 1.165) is 37.2 Å². The van der Waals surface area contributed by atoms with Gasteiger partial charge in [0.1, 0.15) is 11.9 Å². The van der Waals surface area contributed by atoms with Crippen molar-refractivity contribution in [3.05, 3.63) is 58.9 Å². The predicted octanol–water partition coefficient (Wildman–Crippen LogP) is 3.01. The molecule has 5 heteroatoms. The summed E-state index contributed by atoms with van der Waals surface area (Å²) in [6.07, 6.45) is 0.979. The van der Waals surface area contributed by atoms with Gasteiger partial charge in [0.15, 0.2) is 0 Å². The zero-order valence-electron chi connectivity index (χ0n) is 14.5. The van der Waals surface area contributed by atoms with Crippen molar-refractivity contribution in [3.63, 3.8) is 0 Å². The number of hydrogen-bond acceptors (Lipinski definition) is 4. The van der Waals surface area contributed by atoms with Gasteiger partial charge in [-0.3, -0.25) is 0 Å². The predicted molar refractivity (Wildman–Crippen MR) is 96.4 cm³/mol. The zero-order valence-corrected chi connectivity index (χ0v) is 14.5. The second-order valence-electron chi connectivity index (χ2n) is 6.86. The summed E-state index contributed by atoms with van der Waals surface area (Å²) < 4.78 is 25.3. The fraction of sp³-hybridized carbons (Fsp3) is 0.381. The molecule has 1 unspecified atom stereocenters. The number of nitrogens with one attached hydrogen (secondary N) is 1. The number of benzene rings is 2. The van der Waals surface area contributed by atoms with Crippen LogP contribution in [0.3, 0.4) is 0 Å². The van der Waals surface area contributed by atoms with E-state index in [1.54, 1.807) is 6.07 Å². The van der Waals surface area contributed by atoms with E-state index in [9.17, 15) is 4.39 Å². The van der Waals surface area contributed by atoms with Crippen molar-refractivity contribution < 1.29 is 13.9 Å². The first-order valence-corrected chi connectivity index (χ1v) is 8.97. The zero-order chi connectivity index (χ0) is 17.9. The molecule has 0 aromatic heterocycles. The Bertz CT molecular complexity index is 836. The first-order chi connectivity index (χ1) is 12.7. The SMILES string of the molecule is N#Cc1ccc(-c2cc(CC3CNCCO3)ccc2C2COC2)cc1F. The average molecular weight is 352 g/mol. The molecule has 2 fully saturated rings. The average Bonchev–Trinajstić information content (AvgIpc) is 2.62. The van der Waals surface area contributed by atoms with Gasteiger partial charge >= 0.3 is 0 Å². The van der Waals surface area contributed by atoms with Crippen LogP contribution in [0.15, 0.2) is 36.4 Å². The Hall–Kier alpha value is -2.26. The summed E-state index contributed by atoms with van der Waals surface area (Å²) >= 11 is 0. The molecular formula is C21H21FN2O2. The van der Waals surface area contributed by atoms with Crippen molar-refractivity contribution in [1.29, 1.82) is 5.26 Å². The molecule has 0 bridgehead atoms. The molecule has 4 nitrogen and oxygen atoms in total. The van der Waals surface area contributed by atoms with Gasteiger partial charge in [-0.15, -0.1) is 0 Å². The number of hydrogen-bond donors (Lipinski definition) is 1. The number of ether oxygens (including phenoxy) is 2. The summed E-state index contributed by atoms with van der Waals surface area (Å²) in [5, 5.41) is 12.3.